The molecule has 2 aliphatic rings. The molecule has 35 N–H and O–H groups in total. The van der Waals surface area contributed by atoms with E-state index in [-0.39, 0.29) is 158 Å². The number of aliphatic hydroxyl groups excluding tert-OH is 2. The molecule has 17 amide bonds. The van der Waals surface area contributed by atoms with Crippen LogP contribution in [0.3, 0.4) is 0 Å². The van der Waals surface area contributed by atoms with Crippen molar-refractivity contribution < 1.29 is 102 Å². The number of aromatic amines is 3. The molecule has 0 aliphatic carbocycles. The smallest absolute Gasteiger partial charge is 0.326 e. The van der Waals surface area contributed by atoms with Gasteiger partial charge >= 0.3 is 5.97 Å². The van der Waals surface area contributed by atoms with Gasteiger partial charge in [-0.05, 0) is 139 Å². The van der Waals surface area contributed by atoms with Crippen LogP contribution in [0.25, 0.3) is 10.9 Å². The maximum atomic E-state index is 15.1. The SMILES string of the molecule is CSCC[C@H](NC(=O)[C@@H](N)CO)C(=O)N[C@@H](CS)C(=O)N[C@@H](Cc1c[nH]cn1)C(=O)N[C@@H](CCCN=C(N)N)C(=O)N[C@@H](Cc1c[nH]c2ccccc12)C(=O)N[C@@H](CO)C(=O)N[C@@H](CCCN=C(N)N)C(=O)N[C@@H](C)C(=O)N[C@H](C(=O)N[C@@H](CC(C)C)C(=O)N[C@@H](Cc1ccccc1)C(=O)N1CCC[C@H]1C(=O)N[C@@H](C)C(=O)N[C@@H](C)C(=O)N[C@@H](Cc1c[nH]cn1)C(=O)N[C@@H](CCCN=C(N)N)C(=O)N1CCC[C@H]1C(=O)O)C(C)C. The molecule has 818 valence electrons. The second-order valence-electron chi connectivity index (χ2n) is 37.0. The van der Waals surface area contributed by atoms with Gasteiger partial charge in [0.25, 0.3) is 0 Å². The number of aliphatic hydroxyl groups is 2. The molecule has 3 aromatic heterocycles. The highest BCUT2D eigenvalue weighted by molar-refractivity contribution is 7.98. The van der Waals surface area contributed by atoms with Gasteiger partial charge in [-0.25, -0.2) is 14.8 Å². The van der Waals surface area contributed by atoms with Crippen molar-refractivity contribution in [1.82, 2.24) is 114 Å². The number of hydrogen-bond donors (Lipinski definition) is 29. The van der Waals surface area contributed by atoms with Crippen LogP contribution in [0, 0.1) is 11.8 Å². The molecule has 149 heavy (non-hydrogen) atoms. The molecule has 5 heterocycles. The van der Waals surface area contributed by atoms with E-state index >= 15 is 14.4 Å². The molecular formula is C94H144N32O21S2. The monoisotopic (exact) mass is 2120 g/mol. The minimum absolute atomic E-state index is 0.00785. The number of aromatic nitrogens is 5. The average Bonchev–Trinajstić information content (AvgIpc) is 1.77. The van der Waals surface area contributed by atoms with E-state index < -0.39 is 234 Å². The van der Waals surface area contributed by atoms with E-state index in [9.17, 15) is 87.2 Å². The number of aliphatic imine (C=N–C) groups is 3. The van der Waals surface area contributed by atoms with Gasteiger partial charge in [-0.2, -0.15) is 24.4 Å². The lowest BCUT2D eigenvalue weighted by atomic mass is 9.98. The summed E-state index contributed by atoms with van der Waals surface area (Å²) in [6.07, 6.45) is 8.59. The fourth-order valence-electron chi connectivity index (χ4n) is 16.4. The lowest BCUT2D eigenvalue weighted by Crippen LogP contribution is -2.62. The number of carbonyl (C=O) groups is 18. The summed E-state index contributed by atoms with van der Waals surface area (Å²) in [6, 6.07) is -10.4. The van der Waals surface area contributed by atoms with E-state index in [1.54, 1.807) is 94.7 Å². The summed E-state index contributed by atoms with van der Waals surface area (Å²) < 4.78 is 0. The molecule has 0 saturated carbocycles. The number of nitrogens with zero attached hydrogens (tertiary/aromatic N) is 7. The maximum absolute atomic E-state index is 15.1. The number of fused-ring (bicyclic) bond motifs is 1. The third-order valence-corrected chi connectivity index (χ3v) is 25.5. The zero-order valence-corrected chi connectivity index (χ0v) is 86.2. The number of amides is 17. The molecule has 7 rings (SSSR count). The van der Waals surface area contributed by atoms with Crippen LogP contribution in [0.2, 0.25) is 0 Å². The zero-order valence-electron chi connectivity index (χ0n) is 84.5. The lowest BCUT2D eigenvalue weighted by Gasteiger charge is -2.31. The Kier molecular flexibility index (Phi) is 49.7. The third-order valence-electron chi connectivity index (χ3n) is 24.5. The fourth-order valence-corrected chi connectivity index (χ4v) is 17.1. The predicted octanol–water partition coefficient (Wildman–Crippen LogP) is -7.86. The van der Waals surface area contributed by atoms with Gasteiger partial charge in [0, 0.05) is 93.7 Å². The van der Waals surface area contributed by atoms with Crippen LogP contribution in [0.4, 0.5) is 0 Å². The number of carboxylic acids is 1. The Morgan fingerprint density at radius 3 is 1.34 bits per heavy atom. The Bertz CT molecular complexity index is 5430. The number of nitrogens with one attached hydrogen (secondary N) is 18. The van der Waals surface area contributed by atoms with Crippen LogP contribution in [0.5, 0.6) is 0 Å². The van der Waals surface area contributed by atoms with Crippen LogP contribution in [0.1, 0.15) is 148 Å². The Hall–Kier alpha value is -14.8. The molecule has 0 spiro atoms. The first-order valence-electron chi connectivity index (χ1n) is 49.0. The number of para-hydroxylation sites is 1. The molecule has 2 saturated heterocycles. The van der Waals surface area contributed by atoms with Gasteiger partial charge in [0.05, 0.1) is 37.3 Å². The molecule has 18 atom stereocenters. The number of aliphatic carboxylic acids is 1. The topological polar surface area (TPSA) is 847 Å². The second kappa shape index (κ2) is 61.1. The van der Waals surface area contributed by atoms with Gasteiger partial charge in [0.15, 0.2) is 17.9 Å². The molecule has 0 radical (unpaired) electrons. The quantitative estimate of drug-likeness (QED) is 0.00744. The Morgan fingerprint density at radius 2 is 0.839 bits per heavy atom. The van der Waals surface area contributed by atoms with E-state index in [0.717, 1.165) is 0 Å². The van der Waals surface area contributed by atoms with Crippen LogP contribution < -0.4 is 120 Å². The van der Waals surface area contributed by atoms with Gasteiger partial charge in [0.2, 0.25) is 100 Å². The summed E-state index contributed by atoms with van der Waals surface area (Å²) in [5.74, 6) is -18.3. The van der Waals surface area contributed by atoms with E-state index in [2.05, 4.69) is 132 Å². The number of H-pyrrole nitrogens is 3. The summed E-state index contributed by atoms with van der Waals surface area (Å²) in [6.45, 7) is 8.78. The Morgan fingerprint density at radius 1 is 0.436 bits per heavy atom. The van der Waals surface area contributed by atoms with E-state index in [1.807, 2.05) is 0 Å². The number of guanidine groups is 3. The Labute approximate surface area is 870 Å². The van der Waals surface area contributed by atoms with Gasteiger partial charge in [-0.1, -0.05) is 76.2 Å². The molecular weight excluding hydrogens is 1980 g/mol. The van der Waals surface area contributed by atoms with Gasteiger partial charge < -0.3 is 160 Å². The lowest BCUT2D eigenvalue weighted by molar-refractivity contribution is -0.149. The number of nitrogens with two attached hydrogens (primary N) is 7. The van der Waals surface area contributed by atoms with Crippen LogP contribution in [-0.2, 0) is 112 Å². The summed E-state index contributed by atoms with van der Waals surface area (Å²) in [4.78, 5) is 288. The number of benzene rings is 2. The first kappa shape index (κ1) is 121. The zero-order chi connectivity index (χ0) is 110. The molecule has 55 heteroatoms. The van der Waals surface area contributed by atoms with Crippen molar-refractivity contribution in [3.63, 3.8) is 0 Å². The third kappa shape index (κ3) is 39.1. The number of carboxylic acid groups (broad SMARTS) is 1. The summed E-state index contributed by atoms with van der Waals surface area (Å²) in [5, 5.41) is 70.2. The standard InChI is InChI=1S/C94H144N32O21S2/c1-48(2)35-64(81(136)121-68(36-53-19-10-9-11-20-53)90(145)125-32-17-26-71(125)87(142)112-50(5)74(129)110-51(6)75(130)117-66(38-55-41-102-46-108-55)84(139)116-63(25-16-31-106-94(100)101)89(144)126-33-18-27-72(126)91(146)147)120-88(143)73(49(3)4)124-76(131)52(7)111-78(133)60(23-14-29-104-92(96)97)115-85(140)69(44-128)122-82(137)65(37-54-40-107-59-22-13-12-21-57(54)59)118-79(134)61(24-15-30-105-93(98)99)114-83(138)67(39-56-42-103-47-109-56)119-86(141)70(45-148)123-80(135)62(28-34-149-8)113-77(132)58(95)43-127/h9-13,19-22,40-42,46-52,58,60-73,107,127-128,148H,14-18,23-39,43-45,95H2,1-8H3,(H,102,108)(H,103,109)(H,110,129)(H,111,133)(H,112,142)(H,113,132)(H,114,138)(H,115,140)(H,116,139)(H,117,130)(H,118,134)(H,119,141)(H,120,143)(H,121,136)(H,122,137)(H,123,135)(H,124,131)(H,146,147)(H4,96,97,104)(H4,98,99,105)(H4,100,101,106)/t50-,51-,52-,58-,60-,61-,62-,63-,64-,65-,66-,67-,68-,69-,70-,71-,72-,73-/m0/s1. The molecule has 53 nitrogen and oxygen atoms in total. The van der Waals surface area contributed by atoms with Crippen LogP contribution in [-0.4, -0.2) is 347 Å². The number of imidazole rings is 2. The highest BCUT2D eigenvalue weighted by Crippen LogP contribution is 2.25. The van der Waals surface area contributed by atoms with Crippen LogP contribution in [0.15, 0.2) is 101 Å². The first-order valence-corrected chi connectivity index (χ1v) is 51.1. The highest BCUT2D eigenvalue weighted by atomic mass is 32.2. The molecule has 0 bridgehead atoms. The minimum atomic E-state index is -1.91. The largest absolute Gasteiger partial charge is 0.480 e. The number of likely N-dealkylation sites (tertiary alicyclic amines) is 2. The van der Waals surface area contributed by atoms with Gasteiger partial charge in [-0.3, -0.25) is 96.5 Å². The van der Waals surface area contributed by atoms with Crippen molar-refractivity contribution in [1.29, 1.82) is 0 Å². The van der Waals surface area contributed by atoms with Crippen molar-refractivity contribution in [2.75, 3.05) is 63.7 Å². The molecule has 2 aromatic carbocycles. The fraction of sp³-hybridized carbons (Fsp3) is 0.564. The van der Waals surface area contributed by atoms with Crippen LogP contribution >= 0.6 is 24.4 Å². The molecule has 2 fully saturated rings. The first-order chi connectivity index (χ1) is 70.8. The summed E-state index contributed by atoms with van der Waals surface area (Å²) in [5.41, 5.74) is 41.5. The normalized spacial score (nSPS) is 16.5. The maximum Gasteiger partial charge on any atom is 0.326 e. The number of hydrogen-bond acceptors (Lipinski definition) is 28. The summed E-state index contributed by atoms with van der Waals surface area (Å²) >= 11 is 5.66. The predicted molar refractivity (Wildman–Crippen MR) is 553 cm³/mol. The van der Waals surface area contributed by atoms with Crippen molar-refractivity contribution >= 4 is 160 Å². The number of thiol groups is 1. The van der Waals surface area contributed by atoms with Crippen molar-refractivity contribution in [2.45, 2.75) is 260 Å². The number of thioether (sulfide) groups is 1. The van der Waals surface area contributed by atoms with E-state index in [4.69, 9.17) is 40.1 Å². The Balaban J connectivity index is 1.03. The van der Waals surface area contributed by atoms with Crippen molar-refractivity contribution in [2.24, 2.45) is 66.9 Å². The van der Waals surface area contributed by atoms with E-state index in [1.165, 1.54) is 67.4 Å². The number of rotatable bonds is 62. The molecule has 2 aliphatic heterocycles. The molecule has 0 unspecified atom stereocenters. The highest BCUT2D eigenvalue weighted by Gasteiger charge is 2.44. The van der Waals surface area contributed by atoms with Crippen molar-refractivity contribution in [3.05, 3.63) is 108 Å². The summed E-state index contributed by atoms with van der Waals surface area (Å²) in [7, 11) is 0. The molecule has 5 aromatic rings. The average molecular weight is 2120 g/mol. The number of carbonyl (C=O) groups excluding carboxylic acids is 17. The van der Waals surface area contributed by atoms with Gasteiger partial charge in [0.1, 0.15) is 109 Å². The minimum Gasteiger partial charge on any atom is -0.480 e. The van der Waals surface area contributed by atoms with Gasteiger partial charge in [-0.15, -0.1) is 0 Å². The second-order valence-corrected chi connectivity index (χ2v) is 38.4. The van der Waals surface area contributed by atoms with E-state index in [0.29, 0.717) is 46.3 Å². The van der Waals surface area contributed by atoms with Crippen molar-refractivity contribution in [3.8, 4) is 0 Å².